The maximum atomic E-state index is 13.5. The number of hydrogen-bond acceptors (Lipinski definition) is 8. The lowest BCUT2D eigenvalue weighted by Gasteiger charge is -2.29. The molecule has 0 aliphatic carbocycles. The molecule has 4 atom stereocenters. The van der Waals surface area contributed by atoms with E-state index in [1.54, 1.807) is 12.1 Å². The first-order valence-electron chi connectivity index (χ1n) is 12.6. The summed E-state index contributed by atoms with van der Waals surface area (Å²) >= 11 is 0. The molecule has 1 saturated heterocycles. The van der Waals surface area contributed by atoms with Crippen LogP contribution in [-0.4, -0.2) is 85.7 Å². The Labute approximate surface area is 229 Å². The number of nitrogens with zero attached hydrogens (tertiary/aromatic N) is 1. The zero-order valence-electron chi connectivity index (χ0n) is 21.5. The number of benzene rings is 2. The number of carboxylic acids is 2. The number of hydrogen-bond donors (Lipinski definition) is 7. The topological polar surface area (TPSA) is 220 Å². The van der Waals surface area contributed by atoms with Crippen molar-refractivity contribution in [1.29, 1.82) is 0 Å². The SMILES string of the molecule is NC(CC(=O)O)C(=O)NC(Cc1ccc(O)cc1)C(=O)NC(Cc1ccc(O)cc1)C(=O)N1CCCC1C(=O)O. The van der Waals surface area contributed by atoms with Gasteiger partial charge >= 0.3 is 11.9 Å². The number of phenolic OH excluding ortho intramolecular Hbond substituents is 2. The number of carbonyl (C=O) groups excluding carboxylic acids is 3. The molecule has 1 aliphatic heterocycles. The highest BCUT2D eigenvalue weighted by atomic mass is 16.4. The van der Waals surface area contributed by atoms with Crippen LogP contribution >= 0.6 is 0 Å². The van der Waals surface area contributed by atoms with Crippen LogP contribution in [0.3, 0.4) is 0 Å². The van der Waals surface area contributed by atoms with Crippen molar-refractivity contribution in [2.24, 2.45) is 5.73 Å². The van der Waals surface area contributed by atoms with Gasteiger partial charge in [0.2, 0.25) is 17.7 Å². The van der Waals surface area contributed by atoms with Gasteiger partial charge in [0.15, 0.2) is 0 Å². The van der Waals surface area contributed by atoms with Crippen LogP contribution < -0.4 is 16.4 Å². The highest BCUT2D eigenvalue weighted by Gasteiger charge is 2.38. The number of nitrogens with one attached hydrogen (secondary N) is 2. The first kappa shape index (κ1) is 29.9. The fourth-order valence-corrected chi connectivity index (χ4v) is 4.46. The van der Waals surface area contributed by atoms with E-state index in [0.717, 1.165) is 0 Å². The van der Waals surface area contributed by atoms with Crippen molar-refractivity contribution >= 4 is 29.7 Å². The van der Waals surface area contributed by atoms with Crippen LogP contribution in [0.15, 0.2) is 48.5 Å². The molecule has 1 fully saturated rings. The maximum Gasteiger partial charge on any atom is 0.326 e. The van der Waals surface area contributed by atoms with Gasteiger partial charge in [-0.05, 0) is 48.2 Å². The van der Waals surface area contributed by atoms with Gasteiger partial charge in [-0.1, -0.05) is 24.3 Å². The molecular formula is C27H32N4O9. The molecule has 13 heteroatoms. The van der Waals surface area contributed by atoms with Crippen molar-refractivity contribution in [1.82, 2.24) is 15.5 Å². The van der Waals surface area contributed by atoms with E-state index >= 15 is 0 Å². The van der Waals surface area contributed by atoms with E-state index in [9.17, 15) is 39.3 Å². The molecule has 3 rings (SSSR count). The van der Waals surface area contributed by atoms with Crippen LogP contribution in [0.4, 0.5) is 0 Å². The minimum atomic E-state index is -1.44. The molecule has 2 aromatic rings. The summed E-state index contributed by atoms with van der Waals surface area (Å²) in [5, 5.41) is 42.8. The third-order valence-electron chi connectivity index (χ3n) is 6.55. The molecule has 0 aromatic heterocycles. The van der Waals surface area contributed by atoms with Crippen molar-refractivity contribution in [3.63, 3.8) is 0 Å². The second kappa shape index (κ2) is 13.4. The Morgan fingerprint density at radius 2 is 1.32 bits per heavy atom. The van der Waals surface area contributed by atoms with Gasteiger partial charge in [-0.3, -0.25) is 19.2 Å². The molecule has 1 heterocycles. The molecule has 0 spiro atoms. The zero-order chi connectivity index (χ0) is 29.4. The molecule has 0 radical (unpaired) electrons. The van der Waals surface area contributed by atoms with Crippen LogP contribution in [0.5, 0.6) is 11.5 Å². The van der Waals surface area contributed by atoms with E-state index in [1.807, 2.05) is 0 Å². The largest absolute Gasteiger partial charge is 0.508 e. The van der Waals surface area contributed by atoms with Gasteiger partial charge in [0, 0.05) is 19.4 Å². The summed E-state index contributed by atoms with van der Waals surface area (Å²) in [5.74, 6) is -4.79. The van der Waals surface area contributed by atoms with E-state index in [0.29, 0.717) is 17.5 Å². The summed E-state index contributed by atoms with van der Waals surface area (Å²) in [5.41, 5.74) is 6.79. The van der Waals surface area contributed by atoms with Crippen LogP contribution in [0.2, 0.25) is 0 Å². The zero-order valence-corrected chi connectivity index (χ0v) is 21.5. The van der Waals surface area contributed by atoms with E-state index < -0.39 is 60.2 Å². The average Bonchev–Trinajstić information content (AvgIpc) is 3.40. The van der Waals surface area contributed by atoms with Crippen LogP contribution in [0.1, 0.15) is 30.4 Å². The van der Waals surface area contributed by atoms with Gasteiger partial charge in [0.05, 0.1) is 12.5 Å². The fourth-order valence-electron chi connectivity index (χ4n) is 4.46. The van der Waals surface area contributed by atoms with Crippen LogP contribution in [-0.2, 0) is 36.8 Å². The maximum absolute atomic E-state index is 13.5. The van der Waals surface area contributed by atoms with Gasteiger partial charge in [-0.2, -0.15) is 0 Å². The number of phenols is 2. The second-order valence-corrected chi connectivity index (χ2v) is 9.60. The third-order valence-corrected chi connectivity index (χ3v) is 6.55. The standard InChI is InChI=1S/C27H32N4O9/c28-19(14-23(34)35)24(36)29-20(12-15-3-7-17(32)8-4-15)25(37)30-21(13-16-5-9-18(33)10-6-16)26(38)31-11-1-2-22(31)27(39)40/h3-10,19-22,32-33H,1-2,11-14,28H2,(H,29,36)(H,30,37)(H,34,35)(H,39,40). The Morgan fingerprint density at radius 1 is 0.825 bits per heavy atom. The van der Waals surface area contributed by atoms with Gasteiger partial charge in [-0.15, -0.1) is 0 Å². The normalized spacial score (nSPS) is 16.9. The second-order valence-electron chi connectivity index (χ2n) is 9.60. The average molecular weight is 557 g/mol. The highest BCUT2D eigenvalue weighted by Crippen LogP contribution is 2.21. The molecular weight excluding hydrogens is 524 g/mol. The first-order chi connectivity index (χ1) is 18.9. The number of carboxylic acid groups (broad SMARTS) is 2. The number of aliphatic carboxylic acids is 2. The quantitative estimate of drug-likeness (QED) is 0.181. The lowest BCUT2D eigenvalue weighted by Crippen LogP contribution is -2.58. The number of nitrogens with two attached hydrogens (primary N) is 1. The van der Waals surface area contributed by atoms with E-state index in [2.05, 4.69) is 10.6 Å². The third kappa shape index (κ3) is 8.17. The predicted molar refractivity (Wildman–Crippen MR) is 140 cm³/mol. The molecule has 40 heavy (non-hydrogen) atoms. The minimum absolute atomic E-state index is 0.00415. The van der Waals surface area contributed by atoms with Gasteiger partial charge in [0.1, 0.15) is 29.6 Å². The molecule has 8 N–H and O–H groups in total. The van der Waals surface area contributed by atoms with Crippen molar-refractivity contribution < 1.29 is 44.4 Å². The number of carbonyl (C=O) groups is 5. The molecule has 0 bridgehead atoms. The minimum Gasteiger partial charge on any atom is -0.508 e. The molecule has 13 nitrogen and oxygen atoms in total. The lowest BCUT2D eigenvalue weighted by molar-refractivity contribution is -0.149. The highest BCUT2D eigenvalue weighted by molar-refractivity contribution is 5.95. The Morgan fingerprint density at radius 3 is 1.82 bits per heavy atom. The van der Waals surface area contributed by atoms with Crippen LogP contribution in [0, 0.1) is 0 Å². The number of amides is 3. The summed E-state index contributed by atoms with van der Waals surface area (Å²) in [6.45, 7) is 0.190. The monoisotopic (exact) mass is 556 g/mol. The van der Waals surface area contributed by atoms with Crippen molar-refractivity contribution in [2.45, 2.75) is 56.3 Å². The Balaban J connectivity index is 1.88. The molecule has 0 saturated carbocycles. The number of aromatic hydroxyl groups is 2. The molecule has 4 unspecified atom stereocenters. The number of likely N-dealkylation sites (tertiary alicyclic amines) is 1. The van der Waals surface area contributed by atoms with Gasteiger partial charge < -0.3 is 41.7 Å². The Bertz CT molecular complexity index is 1230. The smallest absolute Gasteiger partial charge is 0.326 e. The summed E-state index contributed by atoms with van der Waals surface area (Å²) in [6, 6.07) is 6.76. The summed E-state index contributed by atoms with van der Waals surface area (Å²) in [6.07, 6.45) is -0.0518. The molecule has 1 aliphatic rings. The summed E-state index contributed by atoms with van der Waals surface area (Å²) in [4.78, 5) is 63.6. The van der Waals surface area contributed by atoms with E-state index in [1.165, 1.54) is 41.3 Å². The summed E-state index contributed by atoms with van der Waals surface area (Å²) in [7, 11) is 0. The van der Waals surface area contributed by atoms with Crippen molar-refractivity contribution in [3.05, 3.63) is 59.7 Å². The molecule has 3 amide bonds. The fraction of sp³-hybridized carbons (Fsp3) is 0.370. The van der Waals surface area contributed by atoms with Crippen molar-refractivity contribution in [2.75, 3.05) is 6.54 Å². The Kier molecular flexibility index (Phi) is 10.0. The molecule has 214 valence electrons. The predicted octanol–water partition coefficient (Wildman–Crippen LogP) is -0.270. The van der Waals surface area contributed by atoms with Crippen molar-refractivity contribution in [3.8, 4) is 11.5 Å². The Hall–Kier alpha value is -4.65. The van der Waals surface area contributed by atoms with E-state index in [4.69, 9.17) is 10.8 Å². The first-order valence-corrected chi connectivity index (χ1v) is 12.6. The van der Waals surface area contributed by atoms with Crippen LogP contribution in [0.25, 0.3) is 0 Å². The van der Waals surface area contributed by atoms with Gasteiger partial charge in [-0.25, -0.2) is 4.79 Å². The summed E-state index contributed by atoms with van der Waals surface area (Å²) < 4.78 is 0. The van der Waals surface area contributed by atoms with Gasteiger partial charge in [0.25, 0.3) is 0 Å². The van der Waals surface area contributed by atoms with E-state index in [-0.39, 0.29) is 37.3 Å². The molecule has 2 aromatic carbocycles. The number of rotatable bonds is 12. The lowest BCUT2D eigenvalue weighted by atomic mass is 10.0.